The summed E-state index contributed by atoms with van der Waals surface area (Å²) in [5.41, 5.74) is 5.80. The number of thiophene rings is 1. The number of hydrogen-bond donors (Lipinski definition) is 2. The molecule has 0 fully saturated rings. The summed E-state index contributed by atoms with van der Waals surface area (Å²) < 4.78 is 5.69. The molecule has 1 heterocycles. The van der Waals surface area contributed by atoms with Crippen LogP contribution in [-0.4, -0.2) is 24.4 Å². The summed E-state index contributed by atoms with van der Waals surface area (Å²) in [5, 5.41) is 4.46. The van der Waals surface area contributed by atoms with Crippen molar-refractivity contribution < 1.29 is 19.1 Å². The molecule has 22 heavy (non-hydrogen) atoms. The van der Waals surface area contributed by atoms with E-state index >= 15 is 0 Å². The van der Waals surface area contributed by atoms with E-state index < -0.39 is 24.4 Å². The standard InChI is InChI=1S/C14H11IN2O4S/c15-10-4-2-1-3-8(10)14(20)21-7-11(18)17-13-9(12(16)19)5-6-22-13/h1-6H,7H2,(H2,16,19)(H,17,18). The van der Waals surface area contributed by atoms with Crippen molar-refractivity contribution in [3.63, 3.8) is 0 Å². The molecule has 1 aromatic heterocycles. The molecular weight excluding hydrogens is 419 g/mol. The van der Waals surface area contributed by atoms with Crippen LogP contribution in [0.2, 0.25) is 0 Å². The average Bonchev–Trinajstić information content (AvgIpc) is 2.93. The molecule has 0 aliphatic heterocycles. The van der Waals surface area contributed by atoms with E-state index in [1.165, 1.54) is 6.07 Å². The van der Waals surface area contributed by atoms with E-state index in [0.717, 1.165) is 14.9 Å². The zero-order valence-electron chi connectivity index (χ0n) is 11.2. The number of hydrogen-bond acceptors (Lipinski definition) is 5. The Morgan fingerprint density at radius 2 is 1.91 bits per heavy atom. The Kier molecular flexibility index (Phi) is 5.50. The molecule has 1 aromatic carbocycles. The van der Waals surface area contributed by atoms with Gasteiger partial charge in [0, 0.05) is 3.57 Å². The van der Waals surface area contributed by atoms with Gasteiger partial charge in [-0.2, -0.15) is 0 Å². The molecule has 0 aliphatic carbocycles. The molecule has 0 saturated carbocycles. The van der Waals surface area contributed by atoms with Crippen LogP contribution in [0.15, 0.2) is 35.7 Å². The van der Waals surface area contributed by atoms with Gasteiger partial charge in [-0.25, -0.2) is 4.79 Å². The van der Waals surface area contributed by atoms with Gasteiger partial charge in [0.1, 0.15) is 5.00 Å². The summed E-state index contributed by atoms with van der Waals surface area (Å²) in [7, 11) is 0. The van der Waals surface area contributed by atoms with Crippen molar-refractivity contribution in [3.8, 4) is 0 Å². The molecule has 3 N–H and O–H groups in total. The Morgan fingerprint density at radius 3 is 2.59 bits per heavy atom. The van der Waals surface area contributed by atoms with Gasteiger partial charge in [-0.1, -0.05) is 12.1 Å². The number of amides is 2. The van der Waals surface area contributed by atoms with Gasteiger partial charge in [0.15, 0.2) is 6.61 Å². The molecule has 0 atom stereocenters. The molecule has 2 amide bonds. The lowest BCUT2D eigenvalue weighted by Gasteiger charge is -2.07. The topological polar surface area (TPSA) is 98.5 Å². The Bertz CT molecular complexity index is 729. The fourth-order valence-corrected chi connectivity index (χ4v) is 3.01. The summed E-state index contributed by atoms with van der Waals surface area (Å²) in [6.45, 7) is -0.445. The quantitative estimate of drug-likeness (QED) is 0.562. The largest absolute Gasteiger partial charge is 0.452 e. The second kappa shape index (κ2) is 7.36. The number of halogens is 1. The first-order chi connectivity index (χ1) is 10.5. The third-order valence-electron chi connectivity index (χ3n) is 2.61. The van der Waals surface area contributed by atoms with Crippen LogP contribution in [0.25, 0.3) is 0 Å². The van der Waals surface area contributed by atoms with Crippen molar-refractivity contribution in [2.24, 2.45) is 5.73 Å². The van der Waals surface area contributed by atoms with E-state index in [1.807, 2.05) is 22.6 Å². The van der Waals surface area contributed by atoms with Gasteiger partial charge in [0.25, 0.3) is 11.8 Å². The monoisotopic (exact) mass is 430 g/mol. The smallest absolute Gasteiger partial charge is 0.339 e. The Morgan fingerprint density at radius 1 is 1.18 bits per heavy atom. The summed E-state index contributed by atoms with van der Waals surface area (Å²) >= 11 is 3.18. The van der Waals surface area contributed by atoms with Crippen LogP contribution in [-0.2, 0) is 9.53 Å². The number of ether oxygens (including phenoxy) is 1. The minimum Gasteiger partial charge on any atom is -0.452 e. The van der Waals surface area contributed by atoms with Crippen molar-refractivity contribution in [1.82, 2.24) is 0 Å². The summed E-state index contributed by atoms with van der Waals surface area (Å²) in [6.07, 6.45) is 0. The number of nitrogens with one attached hydrogen (secondary N) is 1. The Hall–Kier alpha value is -1.94. The van der Waals surface area contributed by atoms with Crippen LogP contribution >= 0.6 is 33.9 Å². The predicted octanol–water partition coefficient (Wildman–Crippen LogP) is 2.25. The van der Waals surface area contributed by atoms with Crippen LogP contribution in [0.1, 0.15) is 20.7 Å². The maximum Gasteiger partial charge on any atom is 0.339 e. The minimum absolute atomic E-state index is 0.224. The van der Waals surface area contributed by atoms with Crippen molar-refractivity contribution in [3.05, 3.63) is 50.4 Å². The molecule has 8 heteroatoms. The Balaban J connectivity index is 1.93. The number of carbonyl (C=O) groups is 3. The molecule has 114 valence electrons. The van der Waals surface area contributed by atoms with E-state index in [-0.39, 0.29) is 5.56 Å². The van der Waals surface area contributed by atoms with Gasteiger partial charge < -0.3 is 15.8 Å². The lowest BCUT2D eigenvalue weighted by molar-refractivity contribution is -0.119. The fraction of sp³-hybridized carbons (Fsp3) is 0.0714. The zero-order chi connectivity index (χ0) is 16.1. The van der Waals surface area contributed by atoms with Gasteiger partial charge in [0.05, 0.1) is 11.1 Å². The van der Waals surface area contributed by atoms with Gasteiger partial charge in [-0.3, -0.25) is 9.59 Å². The van der Waals surface area contributed by atoms with Crippen molar-refractivity contribution >= 4 is 56.7 Å². The molecule has 0 aliphatic rings. The van der Waals surface area contributed by atoms with E-state index in [1.54, 1.807) is 29.6 Å². The van der Waals surface area contributed by atoms with Crippen LogP contribution in [0, 0.1) is 3.57 Å². The summed E-state index contributed by atoms with van der Waals surface area (Å²) in [5.74, 6) is -1.75. The first-order valence-electron chi connectivity index (χ1n) is 6.08. The van der Waals surface area contributed by atoms with E-state index in [2.05, 4.69) is 5.32 Å². The predicted molar refractivity (Wildman–Crippen MR) is 90.9 cm³/mol. The number of carbonyl (C=O) groups excluding carboxylic acids is 3. The fourth-order valence-electron chi connectivity index (χ4n) is 1.60. The van der Waals surface area contributed by atoms with Gasteiger partial charge in [-0.05, 0) is 46.2 Å². The average molecular weight is 430 g/mol. The molecule has 0 saturated heterocycles. The highest BCUT2D eigenvalue weighted by Crippen LogP contribution is 2.22. The normalized spacial score (nSPS) is 10.0. The maximum absolute atomic E-state index is 11.9. The molecule has 0 spiro atoms. The molecular formula is C14H11IN2O4S. The summed E-state index contributed by atoms with van der Waals surface area (Å²) in [4.78, 5) is 34.8. The highest BCUT2D eigenvalue weighted by atomic mass is 127. The van der Waals surface area contributed by atoms with E-state index in [4.69, 9.17) is 10.5 Å². The number of rotatable bonds is 5. The van der Waals surface area contributed by atoms with Gasteiger partial charge in [-0.15, -0.1) is 11.3 Å². The lowest BCUT2D eigenvalue weighted by Crippen LogP contribution is -2.22. The zero-order valence-corrected chi connectivity index (χ0v) is 14.1. The number of nitrogens with two attached hydrogens (primary N) is 1. The third kappa shape index (κ3) is 4.04. The first kappa shape index (κ1) is 16.4. The van der Waals surface area contributed by atoms with Crippen molar-refractivity contribution in [2.45, 2.75) is 0 Å². The van der Waals surface area contributed by atoms with Gasteiger partial charge in [0.2, 0.25) is 0 Å². The molecule has 0 radical (unpaired) electrons. The number of esters is 1. The SMILES string of the molecule is NC(=O)c1ccsc1NC(=O)COC(=O)c1ccccc1I. The Labute approximate surface area is 143 Å². The maximum atomic E-state index is 11.9. The van der Waals surface area contributed by atoms with Crippen LogP contribution < -0.4 is 11.1 Å². The van der Waals surface area contributed by atoms with Crippen molar-refractivity contribution in [1.29, 1.82) is 0 Å². The van der Waals surface area contributed by atoms with Crippen LogP contribution in [0.5, 0.6) is 0 Å². The summed E-state index contributed by atoms with van der Waals surface area (Å²) in [6, 6.07) is 8.41. The first-order valence-corrected chi connectivity index (χ1v) is 8.03. The second-order valence-electron chi connectivity index (χ2n) is 4.13. The van der Waals surface area contributed by atoms with E-state index in [9.17, 15) is 14.4 Å². The highest BCUT2D eigenvalue weighted by molar-refractivity contribution is 14.1. The molecule has 0 bridgehead atoms. The molecule has 2 aromatic rings. The number of anilines is 1. The molecule has 6 nitrogen and oxygen atoms in total. The molecule has 2 rings (SSSR count). The van der Waals surface area contributed by atoms with Crippen LogP contribution in [0.3, 0.4) is 0 Å². The number of primary amides is 1. The van der Waals surface area contributed by atoms with Gasteiger partial charge >= 0.3 is 5.97 Å². The molecule has 0 unspecified atom stereocenters. The lowest BCUT2D eigenvalue weighted by atomic mass is 10.2. The highest BCUT2D eigenvalue weighted by Gasteiger charge is 2.15. The second-order valence-corrected chi connectivity index (χ2v) is 6.21. The van der Waals surface area contributed by atoms with Crippen LogP contribution in [0.4, 0.5) is 5.00 Å². The minimum atomic E-state index is -0.632. The van der Waals surface area contributed by atoms with E-state index in [0.29, 0.717) is 10.6 Å². The van der Waals surface area contributed by atoms with Crippen molar-refractivity contribution in [2.75, 3.05) is 11.9 Å². The third-order valence-corrected chi connectivity index (χ3v) is 4.38. The number of benzene rings is 1.